The lowest BCUT2D eigenvalue weighted by Crippen LogP contribution is -1.80. The number of nitrogens with zero attached hydrogens (tertiary/aromatic N) is 1. The van der Waals surface area contributed by atoms with Gasteiger partial charge in [-0.1, -0.05) is 54.6 Å². The smallest absolute Gasteiger partial charge is 0.0709 e. The van der Waals surface area contributed by atoms with Gasteiger partial charge in [-0.15, -0.1) is 0 Å². The Hall–Kier alpha value is -3.13. The first kappa shape index (κ1) is 13.5. The Morgan fingerprint density at radius 3 is 1.78 bits per heavy atom. The standard InChI is InChI=1S/C13H9N.C8H7N/c1-3-7-12-10(5-1)9-11-6-2-4-8-13(11)14-12;1-2-4-8-7(3-1)5-6-9-8/h1-9H;1-6,9H. The molecule has 2 heterocycles. The van der Waals surface area contributed by atoms with E-state index in [9.17, 15) is 0 Å². The van der Waals surface area contributed by atoms with Crippen LogP contribution in [-0.4, -0.2) is 9.97 Å². The van der Waals surface area contributed by atoms with E-state index in [0.717, 1.165) is 11.0 Å². The molecule has 0 radical (unpaired) electrons. The lowest BCUT2D eigenvalue weighted by Gasteiger charge is -1.99. The molecular weight excluding hydrogens is 280 g/mol. The van der Waals surface area contributed by atoms with Crippen molar-refractivity contribution in [2.24, 2.45) is 0 Å². The van der Waals surface area contributed by atoms with E-state index in [2.05, 4.69) is 46.4 Å². The SMILES string of the molecule is c1ccc2[nH]ccc2c1.c1ccc2nc3ccccc3cc2c1. The van der Waals surface area contributed by atoms with Crippen molar-refractivity contribution in [3.63, 3.8) is 0 Å². The summed E-state index contributed by atoms with van der Waals surface area (Å²) in [7, 11) is 0. The summed E-state index contributed by atoms with van der Waals surface area (Å²) in [4.78, 5) is 7.70. The van der Waals surface area contributed by atoms with Gasteiger partial charge in [-0.25, -0.2) is 4.98 Å². The van der Waals surface area contributed by atoms with Gasteiger partial charge in [-0.3, -0.25) is 0 Å². The molecule has 0 aliphatic rings. The zero-order valence-electron chi connectivity index (χ0n) is 12.6. The molecule has 0 unspecified atom stereocenters. The van der Waals surface area contributed by atoms with E-state index >= 15 is 0 Å². The predicted octanol–water partition coefficient (Wildman–Crippen LogP) is 5.56. The maximum atomic E-state index is 4.58. The maximum absolute atomic E-state index is 4.58. The molecule has 0 saturated carbocycles. The van der Waals surface area contributed by atoms with Crippen LogP contribution in [0.2, 0.25) is 0 Å². The lowest BCUT2D eigenvalue weighted by atomic mass is 10.1. The Kier molecular flexibility index (Phi) is 3.49. The molecule has 23 heavy (non-hydrogen) atoms. The van der Waals surface area contributed by atoms with Gasteiger partial charge in [0.2, 0.25) is 0 Å². The third kappa shape index (κ3) is 2.79. The highest BCUT2D eigenvalue weighted by Gasteiger charge is 1.96. The minimum Gasteiger partial charge on any atom is -0.361 e. The number of nitrogens with one attached hydrogen (secondary N) is 1. The largest absolute Gasteiger partial charge is 0.361 e. The molecule has 0 amide bonds. The first-order valence-electron chi connectivity index (χ1n) is 7.67. The highest BCUT2D eigenvalue weighted by molar-refractivity contribution is 5.92. The number of rotatable bonds is 0. The van der Waals surface area contributed by atoms with Crippen LogP contribution < -0.4 is 0 Å². The number of hydrogen-bond acceptors (Lipinski definition) is 1. The van der Waals surface area contributed by atoms with Crippen LogP contribution in [0.5, 0.6) is 0 Å². The summed E-state index contributed by atoms with van der Waals surface area (Å²) >= 11 is 0. The second-order valence-electron chi connectivity index (χ2n) is 5.44. The van der Waals surface area contributed by atoms with Crippen molar-refractivity contribution in [1.82, 2.24) is 9.97 Å². The molecule has 0 aliphatic heterocycles. The first-order valence-corrected chi connectivity index (χ1v) is 7.67. The quantitative estimate of drug-likeness (QED) is 0.373. The minimum atomic E-state index is 1.06. The highest BCUT2D eigenvalue weighted by atomic mass is 14.7. The molecule has 5 rings (SSSR count). The molecule has 5 aromatic rings. The number of H-pyrrole nitrogens is 1. The summed E-state index contributed by atoms with van der Waals surface area (Å²) in [5.41, 5.74) is 3.33. The summed E-state index contributed by atoms with van der Waals surface area (Å²) in [6, 6.07) is 28.8. The summed E-state index contributed by atoms with van der Waals surface area (Å²) < 4.78 is 0. The Balaban J connectivity index is 0.000000130. The molecule has 2 heteroatoms. The van der Waals surface area contributed by atoms with Crippen molar-refractivity contribution in [2.75, 3.05) is 0 Å². The topological polar surface area (TPSA) is 28.7 Å². The first-order chi connectivity index (χ1) is 11.4. The zero-order valence-corrected chi connectivity index (χ0v) is 12.6. The van der Waals surface area contributed by atoms with Gasteiger partial charge in [0.05, 0.1) is 11.0 Å². The molecule has 0 fully saturated rings. The van der Waals surface area contributed by atoms with Crippen LogP contribution in [0.25, 0.3) is 32.7 Å². The van der Waals surface area contributed by atoms with Crippen molar-refractivity contribution < 1.29 is 0 Å². The predicted molar refractivity (Wildman–Crippen MR) is 97.5 cm³/mol. The van der Waals surface area contributed by atoms with Crippen LogP contribution >= 0.6 is 0 Å². The molecule has 2 aromatic heterocycles. The second-order valence-corrected chi connectivity index (χ2v) is 5.44. The molecule has 110 valence electrons. The van der Waals surface area contributed by atoms with E-state index in [1.807, 2.05) is 54.7 Å². The van der Waals surface area contributed by atoms with Crippen molar-refractivity contribution in [2.45, 2.75) is 0 Å². The zero-order chi connectivity index (χ0) is 15.5. The van der Waals surface area contributed by atoms with E-state index in [-0.39, 0.29) is 0 Å². The van der Waals surface area contributed by atoms with E-state index in [1.165, 1.54) is 21.7 Å². The molecule has 1 N–H and O–H groups in total. The molecule has 0 saturated heterocycles. The van der Waals surface area contributed by atoms with Gasteiger partial charge in [-0.2, -0.15) is 0 Å². The van der Waals surface area contributed by atoms with E-state index < -0.39 is 0 Å². The summed E-state index contributed by atoms with van der Waals surface area (Å²) in [5, 5.41) is 3.68. The number of fused-ring (bicyclic) bond motifs is 3. The summed E-state index contributed by atoms with van der Waals surface area (Å²) in [5.74, 6) is 0. The number of para-hydroxylation sites is 3. The van der Waals surface area contributed by atoms with Crippen LogP contribution in [-0.2, 0) is 0 Å². The van der Waals surface area contributed by atoms with Gasteiger partial charge >= 0.3 is 0 Å². The molecule has 0 atom stereocenters. The van der Waals surface area contributed by atoms with E-state index in [1.54, 1.807) is 0 Å². The van der Waals surface area contributed by atoms with Crippen molar-refractivity contribution in [3.05, 3.63) is 91.1 Å². The van der Waals surface area contributed by atoms with Crippen LogP contribution in [0.1, 0.15) is 0 Å². The fourth-order valence-corrected chi connectivity index (χ4v) is 2.72. The Morgan fingerprint density at radius 2 is 1.13 bits per heavy atom. The Morgan fingerprint density at radius 1 is 0.565 bits per heavy atom. The number of benzene rings is 3. The number of pyridine rings is 1. The minimum absolute atomic E-state index is 1.06. The van der Waals surface area contributed by atoms with Gasteiger partial charge in [0, 0.05) is 22.5 Å². The monoisotopic (exact) mass is 296 g/mol. The van der Waals surface area contributed by atoms with Crippen LogP contribution in [0, 0.1) is 0 Å². The molecule has 0 spiro atoms. The fraction of sp³-hybridized carbons (Fsp3) is 0. The molecular formula is C21H16N2. The number of aromatic nitrogens is 2. The molecule has 0 aliphatic carbocycles. The normalized spacial score (nSPS) is 10.6. The van der Waals surface area contributed by atoms with Crippen LogP contribution in [0.15, 0.2) is 91.1 Å². The van der Waals surface area contributed by atoms with Crippen LogP contribution in [0.3, 0.4) is 0 Å². The molecule has 0 bridgehead atoms. The molecule has 3 aromatic carbocycles. The Bertz CT molecular complexity index is 941. The van der Waals surface area contributed by atoms with Crippen molar-refractivity contribution in [1.29, 1.82) is 0 Å². The van der Waals surface area contributed by atoms with Crippen molar-refractivity contribution in [3.8, 4) is 0 Å². The summed E-state index contributed by atoms with van der Waals surface area (Å²) in [6.45, 7) is 0. The Labute approximate surface area is 134 Å². The third-order valence-corrected chi connectivity index (χ3v) is 3.89. The number of aromatic amines is 1. The molecule has 2 nitrogen and oxygen atoms in total. The van der Waals surface area contributed by atoms with E-state index in [4.69, 9.17) is 0 Å². The summed E-state index contributed by atoms with van der Waals surface area (Å²) in [6.07, 6.45) is 1.95. The van der Waals surface area contributed by atoms with Gasteiger partial charge in [0.25, 0.3) is 0 Å². The van der Waals surface area contributed by atoms with Gasteiger partial charge in [-0.05, 0) is 35.7 Å². The second kappa shape index (κ2) is 5.93. The lowest BCUT2D eigenvalue weighted by molar-refractivity contribution is 1.48. The maximum Gasteiger partial charge on any atom is 0.0709 e. The van der Waals surface area contributed by atoms with E-state index in [0.29, 0.717) is 0 Å². The highest BCUT2D eigenvalue weighted by Crippen LogP contribution is 2.18. The van der Waals surface area contributed by atoms with Crippen LogP contribution in [0.4, 0.5) is 0 Å². The van der Waals surface area contributed by atoms with Gasteiger partial charge in [0.15, 0.2) is 0 Å². The number of hydrogen-bond donors (Lipinski definition) is 1. The average Bonchev–Trinajstić information content (AvgIpc) is 3.09. The van der Waals surface area contributed by atoms with Crippen molar-refractivity contribution >= 4 is 32.7 Å². The fourth-order valence-electron chi connectivity index (χ4n) is 2.72. The third-order valence-electron chi connectivity index (χ3n) is 3.89. The average molecular weight is 296 g/mol. The van der Waals surface area contributed by atoms with Gasteiger partial charge in [0.1, 0.15) is 0 Å². The van der Waals surface area contributed by atoms with Gasteiger partial charge < -0.3 is 4.98 Å².